The Balaban J connectivity index is 2.00. The summed E-state index contributed by atoms with van der Waals surface area (Å²) in [6.45, 7) is 3.59. The summed E-state index contributed by atoms with van der Waals surface area (Å²) in [5, 5.41) is 9.61. The highest BCUT2D eigenvalue weighted by atomic mass is 32.2. The quantitative estimate of drug-likeness (QED) is 0.866. The van der Waals surface area contributed by atoms with Crippen LogP contribution in [0.5, 0.6) is 0 Å². The van der Waals surface area contributed by atoms with Crippen LogP contribution in [-0.4, -0.2) is 16.8 Å². The van der Waals surface area contributed by atoms with Gasteiger partial charge in [-0.2, -0.15) is 0 Å². The molecule has 0 radical (unpaired) electrons. The zero-order valence-corrected chi connectivity index (χ0v) is 12.7. The van der Waals surface area contributed by atoms with E-state index < -0.39 is 5.97 Å². The normalized spacial score (nSPS) is 13.3. The van der Waals surface area contributed by atoms with Gasteiger partial charge in [0.2, 0.25) is 0 Å². The molecule has 0 saturated heterocycles. The molecule has 1 heterocycles. The molecule has 0 atom stereocenters. The average molecular weight is 299 g/mol. The average Bonchev–Trinajstić information content (AvgIpc) is 2.91. The van der Waals surface area contributed by atoms with Gasteiger partial charge in [-0.3, -0.25) is 0 Å². The summed E-state index contributed by atoms with van der Waals surface area (Å²) < 4.78 is 0. The summed E-state index contributed by atoms with van der Waals surface area (Å²) in [6, 6.07) is 14.0. The second-order valence-corrected chi connectivity index (χ2v) is 6.32. The van der Waals surface area contributed by atoms with Crippen LogP contribution >= 0.6 is 11.8 Å². The number of thioether (sulfide) groups is 1. The van der Waals surface area contributed by atoms with Gasteiger partial charge >= 0.3 is 5.97 Å². The SMILES string of the molecule is CCSc1cccc(N2Cc3ccccc3C2)c1C(=O)O. The third-order valence-corrected chi connectivity index (χ3v) is 4.64. The largest absolute Gasteiger partial charge is 0.478 e. The molecule has 1 aliphatic rings. The molecule has 108 valence electrons. The van der Waals surface area contributed by atoms with Crippen molar-refractivity contribution < 1.29 is 9.90 Å². The molecule has 0 spiro atoms. The van der Waals surface area contributed by atoms with Crippen molar-refractivity contribution in [2.75, 3.05) is 10.7 Å². The van der Waals surface area contributed by atoms with Crippen molar-refractivity contribution in [3.63, 3.8) is 0 Å². The standard InChI is InChI=1S/C17H17NO2S/c1-2-21-15-9-5-8-14(16(15)17(19)20)18-10-12-6-3-4-7-13(12)11-18/h3-9H,2,10-11H2,1H3,(H,19,20). The van der Waals surface area contributed by atoms with E-state index >= 15 is 0 Å². The molecule has 0 saturated carbocycles. The van der Waals surface area contributed by atoms with Crippen molar-refractivity contribution in [1.29, 1.82) is 0 Å². The first-order valence-corrected chi connectivity index (χ1v) is 8.00. The molecule has 2 aromatic carbocycles. The van der Waals surface area contributed by atoms with Crippen molar-refractivity contribution in [2.24, 2.45) is 0 Å². The predicted octanol–water partition coefficient (Wildman–Crippen LogP) is 4.02. The van der Waals surface area contributed by atoms with E-state index in [1.807, 2.05) is 37.3 Å². The molecule has 0 aromatic heterocycles. The number of fused-ring (bicyclic) bond motifs is 1. The number of nitrogens with zero attached hydrogens (tertiary/aromatic N) is 1. The lowest BCUT2D eigenvalue weighted by Gasteiger charge is -2.21. The van der Waals surface area contributed by atoms with Crippen LogP contribution in [-0.2, 0) is 13.1 Å². The van der Waals surface area contributed by atoms with E-state index in [0.717, 1.165) is 29.4 Å². The lowest BCUT2D eigenvalue weighted by Crippen LogP contribution is -2.18. The van der Waals surface area contributed by atoms with E-state index in [2.05, 4.69) is 17.0 Å². The van der Waals surface area contributed by atoms with Crippen LogP contribution in [0.25, 0.3) is 0 Å². The Bertz CT molecular complexity index is 659. The first-order valence-electron chi connectivity index (χ1n) is 7.01. The Labute approximate surface area is 128 Å². The van der Waals surface area contributed by atoms with Gasteiger partial charge in [-0.05, 0) is 29.0 Å². The number of hydrogen-bond acceptors (Lipinski definition) is 3. The third kappa shape index (κ3) is 2.63. The molecular formula is C17H17NO2S. The van der Waals surface area contributed by atoms with Crippen LogP contribution in [0.3, 0.4) is 0 Å². The van der Waals surface area contributed by atoms with E-state index in [1.165, 1.54) is 11.1 Å². The number of hydrogen-bond donors (Lipinski definition) is 1. The van der Waals surface area contributed by atoms with Crippen molar-refractivity contribution in [3.05, 3.63) is 59.2 Å². The van der Waals surface area contributed by atoms with Gasteiger partial charge in [0.25, 0.3) is 0 Å². The van der Waals surface area contributed by atoms with Crippen molar-refractivity contribution >= 4 is 23.4 Å². The van der Waals surface area contributed by atoms with Gasteiger partial charge < -0.3 is 10.0 Å². The molecule has 4 heteroatoms. The molecule has 1 N–H and O–H groups in total. The third-order valence-electron chi connectivity index (χ3n) is 3.70. The monoisotopic (exact) mass is 299 g/mol. The van der Waals surface area contributed by atoms with Crippen LogP contribution in [0.1, 0.15) is 28.4 Å². The maximum atomic E-state index is 11.7. The molecule has 0 unspecified atom stereocenters. The second-order valence-electron chi connectivity index (χ2n) is 5.01. The van der Waals surface area contributed by atoms with Crippen molar-refractivity contribution in [1.82, 2.24) is 0 Å². The number of anilines is 1. The minimum Gasteiger partial charge on any atom is -0.478 e. The highest BCUT2D eigenvalue weighted by Gasteiger charge is 2.24. The predicted molar refractivity (Wildman–Crippen MR) is 86.1 cm³/mol. The molecule has 3 rings (SSSR count). The summed E-state index contributed by atoms with van der Waals surface area (Å²) in [5.41, 5.74) is 3.80. The minimum absolute atomic E-state index is 0.428. The molecule has 0 fully saturated rings. The van der Waals surface area contributed by atoms with Crippen molar-refractivity contribution in [2.45, 2.75) is 24.9 Å². The van der Waals surface area contributed by atoms with Gasteiger partial charge in [0, 0.05) is 18.0 Å². The Morgan fingerprint density at radius 3 is 2.38 bits per heavy atom. The summed E-state index contributed by atoms with van der Waals surface area (Å²) in [4.78, 5) is 14.7. The molecule has 21 heavy (non-hydrogen) atoms. The Morgan fingerprint density at radius 2 is 1.81 bits per heavy atom. The van der Waals surface area contributed by atoms with E-state index in [-0.39, 0.29) is 0 Å². The van der Waals surface area contributed by atoms with E-state index in [0.29, 0.717) is 5.56 Å². The molecule has 3 nitrogen and oxygen atoms in total. The number of carbonyl (C=O) groups is 1. The number of carboxylic acids is 1. The fourth-order valence-corrected chi connectivity index (χ4v) is 3.60. The first kappa shape index (κ1) is 14.0. The van der Waals surface area contributed by atoms with Crippen LogP contribution in [0.15, 0.2) is 47.4 Å². The van der Waals surface area contributed by atoms with Gasteiger partial charge in [-0.25, -0.2) is 4.79 Å². The van der Waals surface area contributed by atoms with E-state index in [1.54, 1.807) is 11.8 Å². The summed E-state index contributed by atoms with van der Waals surface area (Å²) in [5.74, 6) is 0.0155. The Hall–Kier alpha value is -1.94. The van der Waals surface area contributed by atoms with E-state index in [9.17, 15) is 9.90 Å². The summed E-state index contributed by atoms with van der Waals surface area (Å²) in [7, 11) is 0. The number of carboxylic acid groups (broad SMARTS) is 1. The number of aromatic carboxylic acids is 1. The molecule has 0 bridgehead atoms. The Morgan fingerprint density at radius 1 is 1.14 bits per heavy atom. The van der Waals surface area contributed by atoms with Crippen molar-refractivity contribution in [3.8, 4) is 0 Å². The highest BCUT2D eigenvalue weighted by molar-refractivity contribution is 7.99. The number of rotatable bonds is 4. The maximum Gasteiger partial charge on any atom is 0.338 e. The summed E-state index contributed by atoms with van der Waals surface area (Å²) in [6.07, 6.45) is 0. The van der Waals surface area contributed by atoms with Crippen LogP contribution in [0, 0.1) is 0 Å². The Kier molecular flexibility index (Phi) is 3.88. The van der Waals surface area contributed by atoms with Crippen LogP contribution in [0.2, 0.25) is 0 Å². The highest BCUT2D eigenvalue weighted by Crippen LogP contribution is 2.35. The molecule has 0 amide bonds. The second kappa shape index (κ2) is 5.82. The zero-order valence-electron chi connectivity index (χ0n) is 11.9. The molecule has 1 aliphatic heterocycles. The maximum absolute atomic E-state index is 11.7. The minimum atomic E-state index is -0.850. The molecule has 2 aromatic rings. The molecular weight excluding hydrogens is 282 g/mol. The van der Waals surface area contributed by atoms with E-state index in [4.69, 9.17) is 0 Å². The lowest BCUT2D eigenvalue weighted by atomic mass is 10.1. The number of benzene rings is 2. The van der Waals surface area contributed by atoms with Crippen LogP contribution in [0.4, 0.5) is 5.69 Å². The molecule has 0 aliphatic carbocycles. The van der Waals surface area contributed by atoms with Gasteiger partial charge in [-0.1, -0.05) is 37.3 Å². The summed E-state index contributed by atoms with van der Waals surface area (Å²) >= 11 is 1.58. The fraction of sp³-hybridized carbons (Fsp3) is 0.235. The van der Waals surface area contributed by atoms with Gasteiger partial charge in [0.15, 0.2) is 0 Å². The fourth-order valence-electron chi connectivity index (χ4n) is 2.78. The van der Waals surface area contributed by atoms with Gasteiger partial charge in [0.1, 0.15) is 0 Å². The van der Waals surface area contributed by atoms with Gasteiger partial charge in [0.05, 0.1) is 11.3 Å². The lowest BCUT2D eigenvalue weighted by molar-refractivity contribution is 0.0694. The van der Waals surface area contributed by atoms with Crippen LogP contribution < -0.4 is 4.90 Å². The smallest absolute Gasteiger partial charge is 0.338 e. The topological polar surface area (TPSA) is 40.5 Å². The van der Waals surface area contributed by atoms with Gasteiger partial charge in [-0.15, -0.1) is 11.8 Å². The first-order chi connectivity index (χ1) is 10.2. The zero-order chi connectivity index (χ0) is 14.8.